The Morgan fingerprint density at radius 1 is 0.456 bits per heavy atom. The smallest absolute Gasteiger partial charge is 0.252 e. The lowest BCUT2D eigenvalue weighted by atomic mass is 9.33. The minimum absolute atomic E-state index is 0.0324. The number of benzene rings is 8. The van der Waals surface area contributed by atoms with E-state index in [1.807, 2.05) is 0 Å². The minimum atomic E-state index is -0.532. The molecule has 2 nitrogen and oxygen atoms in total. The van der Waals surface area contributed by atoms with E-state index in [2.05, 4.69) is 218 Å². The van der Waals surface area contributed by atoms with Gasteiger partial charge in [0.15, 0.2) is 0 Å². The van der Waals surface area contributed by atoms with E-state index >= 15 is 0 Å². The molecule has 0 bridgehead atoms. The molecule has 0 saturated heterocycles. The van der Waals surface area contributed by atoms with Gasteiger partial charge in [-0.05, 0) is 142 Å². The van der Waals surface area contributed by atoms with E-state index < -0.39 is 5.41 Å². The Labute approximate surface area is 401 Å². The molecule has 330 valence electrons. The van der Waals surface area contributed by atoms with Gasteiger partial charge in [0.1, 0.15) is 0 Å². The van der Waals surface area contributed by atoms with Gasteiger partial charge in [0.25, 0.3) is 6.71 Å². The average Bonchev–Trinajstić information content (AvgIpc) is 3.90. The summed E-state index contributed by atoms with van der Waals surface area (Å²) in [5.41, 5.74) is 32.2. The molecule has 68 heavy (non-hydrogen) atoms. The molecule has 0 radical (unpaired) electrons. The van der Waals surface area contributed by atoms with Gasteiger partial charge in [-0.2, -0.15) is 0 Å². The summed E-state index contributed by atoms with van der Waals surface area (Å²) in [6, 6.07) is 55.9. The SMILES string of the molecule is Cc1ccc(-c2c(-c3ccc(C)cc3)n3c4c(cccc24)B2c4c-3ccc3c4-n4c5c2cc(CC(C)(C)C)cc5c2cc(CC(C)(C)C)cc(c24)C32c3cc(C)ccc3-c3ccc(C)cc32)cc1. The molecule has 1 aliphatic carbocycles. The molecule has 4 aliphatic rings. The van der Waals surface area contributed by atoms with Gasteiger partial charge < -0.3 is 9.13 Å². The maximum atomic E-state index is 2.79. The third kappa shape index (κ3) is 5.20. The summed E-state index contributed by atoms with van der Waals surface area (Å²) in [4.78, 5) is 0. The van der Waals surface area contributed by atoms with Gasteiger partial charge in [-0.1, -0.05) is 185 Å². The molecule has 0 saturated carbocycles. The van der Waals surface area contributed by atoms with E-state index in [1.165, 1.54) is 150 Å². The molecular weight excluding hydrogens is 820 g/mol. The van der Waals surface area contributed by atoms with Crippen LogP contribution in [-0.4, -0.2) is 15.8 Å². The molecule has 3 heteroatoms. The third-order valence-electron chi connectivity index (χ3n) is 16.1. The molecule has 1 spiro atoms. The summed E-state index contributed by atoms with van der Waals surface area (Å²) in [5, 5.41) is 4.10. The summed E-state index contributed by atoms with van der Waals surface area (Å²) in [7, 11) is 0. The zero-order chi connectivity index (χ0) is 46.5. The lowest BCUT2D eigenvalue weighted by Gasteiger charge is -2.44. The van der Waals surface area contributed by atoms with E-state index in [4.69, 9.17) is 0 Å². The largest absolute Gasteiger partial charge is 0.310 e. The second-order valence-corrected chi connectivity index (χ2v) is 23.6. The number of aryl methyl sites for hydroxylation is 4. The second-order valence-electron chi connectivity index (χ2n) is 23.6. The van der Waals surface area contributed by atoms with Crippen LogP contribution in [0.3, 0.4) is 0 Å². The van der Waals surface area contributed by atoms with Crippen LogP contribution in [-0.2, 0) is 18.3 Å². The van der Waals surface area contributed by atoms with Crippen molar-refractivity contribution < 1.29 is 0 Å². The molecule has 3 aliphatic heterocycles. The summed E-state index contributed by atoms with van der Waals surface area (Å²) >= 11 is 0. The lowest BCUT2D eigenvalue weighted by molar-refractivity contribution is 0.411. The Bertz CT molecular complexity index is 3840. The Morgan fingerprint density at radius 2 is 1.01 bits per heavy atom. The van der Waals surface area contributed by atoms with Crippen LogP contribution in [0.15, 0.2) is 140 Å². The zero-order valence-electron chi connectivity index (χ0n) is 41.2. The summed E-state index contributed by atoms with van der Waals surface area (Å²) in [6.45, 7) is 23.4. The molecule has 5 heterocycles. The molecule has 8 aromatic carbocycles. The van der Waals surface area contributed by atoms with Crippen LogP contribution in [0.4, 0.5) is 0 Å². The summed E-state index contributed by atoms with van der Waals surface area (Å²) < 4.78 is 5.48. The number of hydrogen-bond acceptors (Lipinski definition) is 0. The highest BCUT2D eigenvalue weighted by atomic mass is 15.1. The molecule has 10 aromatic rings. The van der Waals surface area contributed by atoms with Crippen LogP contribution in [0.5, 0.6) is 0 Å². The van der Waals surface area contributed by atoms with Gasteiger partial charge in [0.2, 0.25) is 0 Å². The predicted octanol–water partition coefficient (Wildman–Crippen LogP) is 14.3. The van der Waals surface area contributed by atoms with Crippen LogP contribution in [0.25, 0.3) is 77.6 Å². The Kier molecular flexibility index (Phi) is 7.83. The van der Waals surface area contributed by atoms with Gasteiger partial charge in [0.05, 0.1) is 16.6 Å². The van der Waals surface area contributed by atoms with Gasteiger partial charge in [-0.25, -0.2) is 0 Å². The molecule has 2 aromatic heterocycles. The highest BCUT2D eigenvalue weighted by Crippen LogP contribution is 2.62. The fraction of sp³-hybridized carbons (Fsp3) is 0.231. The fourth-order valence-electron chi connectivity index (χ4n) is 13.8. The van der Waals surface area contributed by atoms with Crippen LogP contribution >= 0.6 is 0 Å². The maximum absolute atomic E-state index is 2.79. The van der Waals surface area contributed by atoms with E-state index in [-0.39, 0.29) is 17.5 Å². The Hall–Kier alpha value is -6.84. The topological polar surface area (TPSA) is 9.86 Å². The highest BCUT2D eigenvalue weighted by molar-refractivity contribution is 7.00. The first-order chi connectivity index (χ1) is 32.6. The number of para-hydroxylation sites is 1. The molecule has 0 N–H and O–H groups in total. The second kappa shape index (κ2) is 13.2. The molecule has 0 amide bonds. The van der Waals surface area contributed by atoms with E-state index in [0.29, 0.717) is 0 Å². The Morgan fingerprint density at radius 3 is 1.63 bits per heavy atom. The quantitative estimate of drug-likeness (QED) is 0.156. The number of fused-ring (bicyclic) bond motifs is 11. The number of rotatable bonds is 4. The van der Waals surface area contributed by atoms with Crippen molar-refractivity contribution in [3.05, 3.63) is 195 Å². The first kappa shape index (κ1) is 40.3. The van der Waals surface area contributed by atoms with Crippen molar-refractivity contribution in [2.45, 2.75) is 87.5 Å². The summed E-state index contributed by atoms with van der Waals surface area (Å²) in [5.74, 6) is 0. The van der Waals surface area contributed by atoms with Crippen molar-refractivity contribution in [1.29, 1.82) is 0 Å². The molecule has 0 fully saturated rings. The number of hydrogen-bond donors (Lipinski definition) is 0. The molecule has 0 atom stereocenters. The maximum Gasteiger partial charge on any atom is 0.252 e. The molecule has 14 rings (SSSR count). The average molecular weight is 877 g/mol. The van der Waals surface area contributed by atoms with Crippen molar-refractivity contribution in [3.8, 4) is 44.9 Å². The first-order valence-electron chi connectivity index (χ1n) is 25.0. The third-order valence-corrected chi connectivity index (χ3v) is 16.1. The van der Waals surface area contributed by atoms with E-state index in [1.54, 1.807) is 0 Å². The minimum Gasteiger partial charge on any atom is -0.310 e. The normalized spacial score (nSPS) is 14.5. The van der Waals surface area contributed by atoms with Crippen molar-refractivity contribution in [2.75, 3.05) is 0 Å². The van der Waals surface area contributed by atoms with Gasteiger partial charge >= 0.3 is 0 Å². The summed E-state index contributed by atoms with van der Waals surface area (Å²) in [6.07, 6.45) is 2.00. The van der Waals surface area contributed by atoms with Crippen LogP contribution in [0.2, 0.25) is 0 Å². The van der Waals surface area contributed by atoms with E-state index in [0.717, 1.165) is 12.8 Å². The van der Waals surface area contributed by atoms with Crippen molar-refractivity contribution >= 4 is 55.8 Å². The van der Waals surface area contributed by atoms with Crippen LogP contribution in [0.1, 0.15) is 97.2 Å². The molecular formula is C65H57BN2. The zero-order valence-corrected chi connectivity index (χ0v) is 41.2. The Balaban J connectivity index is 1.23. The first-order valence-corrected chi connectivity index (χ1v) is 25.0. The van der Waals surface area contributed by atoms with Crippen LogP contribution < -0.4 is 16.4 Å². The van der Waals surface area contributed by atoms with Crippen molar-refractivity contribution in [2.24, 2.45) is 10.8 Å². The van der Waals surface area contributed by atoms with Crippen molar-refractivity contribution in [1.82, 2.24) is 9.13 Å². The molecule has 0 unspecified atom stereocenters. The standard InChI is InChI=1S/C65H57BN2/c1-36-14-20-42(21-15-36)56-46-12-11-13-53-60(46)67(58(56)43-22-16-37(2)17-23-43)55-27-26-49-62-57(55)66(53)54-33-41(35-64(8,9)10)31-48-47-30-40(34-63(5,6)7)32-52(59(47)68(62)61(48)54)65(49)50-28-38(3)18-24-44(50)45-25-19-39(4)29-51(45)65/h11-33H,34-35H2,1-10H3. The lowest BCUT2D eigenvalue weighted by Crippen LogP contribution is -2.60. The van der Waals surface area contributed by atoms with Gasteiger partial charge in [-0.3, -0.25) is 0 Å². The predicted molar refractivity (Wildman–Crippen MR) is 289 cm³/mol. The van der Waals surface area contributed by atoms with Crippen molar-refractivity contribution in [3.63, 3.8) is 0 Å². The highest BCUT2D eigenvalue weighted by Gasteiger charge is 2.54. The number of aromatic nitrogens is 2. The fourth-order valence-corrected chi connectivity index (χ4v) is 13.8. The van der Waals surface area contributed by atoms with E-state index in [9.17, 15) is 0 Å². The van der Waals surface area contributed by atoms with Gasteiger partial charge in [0, 0.05) is 44.1 Å². The van der Waals surface area contributed by atoms with Gasteiger partial charge in [-0.15, -0.1) is 0 Å². The van der Waals surface area contributed by atoms with Crippen LogP contribution in [0, 0.1) is 38.5 Å². The monoisotopic (exact) mass is 876 g/mol. The number of nitrogens with zero attached hydrogens (tertiary/aromatic N) is 2.